The number of carbonyl (C=O) groups is 2. The SMILES string of the molecule is O=C(CCCNc1ncc(C(F)(F)F)cc1Cl)NNS(=O)(=O)c1ccc(CNC(=O)c2ccc(S)nc2)s1. The predicted molar refractivity (Wildman–Crippen MR) is 137 cm³/mol. The second-order valence-electron chi connectivity index (χ2n) is 7.54. The lowest BCUT2D eigenvalue weighted by molar-refractivity contribution is -0.137. The third kappa shape index (κ3) is 8.56. The van der Waals surface area contributed by atoms with E-state index in [9.17, 15) is 31.2 Å². The van der Waals surface area contributed by atoms with Crippen molar-refractivity contribution in [2.24, 2.45) is 0 Å². The van der Waals surface area contributed by atoms with E-state index in [-0.39, 0.29) is 46.9 Å². The lowest BCUT2D eigenvalue weighted by Gasteiger charge is -2.11. The maximum absolute atomic E-state index is 12.7. The van der Waals surface area contributed by atoms with E-state index in [1.165, 1.54) is 18.3 Å². The number of anilines is 1. The molecule has 2 amide bonds. The topological polar surface area (TPSA) is 142 Å². The van der Waals surface area contributed by atoms with Crippen molar-refractivity contribution >= 4 is 63.2 Å². The number of aromatic nitrogens is 2. The number of hydrogen-bond acceptors (Lipinski definition) is 9. The summed E-state index contributed by atoms with van der Waals surface area (Å²) in [6.07, 6.45) is -2.46. The molecule has 38 heavy (non-hydrogen) atoms. The van der Waals surface area contributed by atoms with Crippen LogP contribution >= 0.6 is 35.6 Å². The molecule has 0 saturated heterocycles. The third-order valence-electron chi connectivity index (χ3n) is 4.70. The second kappa shape index (κ2) is 12.8. The van der Waals surface area contributed by atoms with Gasteiger partial charge in [-0.25, -0.2) is 18.4 Å². The quantitative estimate of drug-likeness (QED) is 0.127. The Kier molecular flexibility index (Phi) is 9.94. The molecule has 3 aromatic heterocycles. The Morgan fingerprint density at radius 1 is 1.11 bits per heavy atom. The lowest BCUT2D eigenvalue weighted by Crippen LogP contribution is -2.41. The standard InChI is InChI=1S/C21H20ClF3N6O4S3/c22-15-8-13(21(23,24)25)10-28-19(15)26-7-1-2-16(32)30-31-38(34,35)18-6-4-14(37-18)11-29-20(33)12-3-5-17(36)27-9-12/h3-6,8-10,31H,1-2,7,11H2,(H,26,28)(H,27,36)(H,29,33)(H,30,32). The van der Waals surface area contributed by atoms with Crippen LogP contribution in [0.15, 0.2) is 52.0 Å². The smallest absolute Gasteiger partial charge is 0.369 e. The highest BCUT2D eigenvalue weighted by molar-refractivity contribution is 7.91. The Morgan fingerprint density at radius 3 is 2.53 bits per heavy atom. The fraction of sp³-hybridized carbons (Fsp3) is 0.238. The Balaban J connectivity index is 1.41. The van der Waals surface area contributed by atoms with Gasteiger partial charge in [-0.1, -0.05) is 11.6 Å². The molecule has 10 nitrogen and oxygen atoms in total. The first-order valence-electron chi connectivity index (χ1n) is 10.6. The van der Waals surface area contributed by atoms with Gasteiger partial charge in [0, 0.05) is 30.2 Å². The molecule has 0 unspecified atom stereocenters. The molecule has 3 rings (SSSR count). The van der Waals surface area contributed by atoms with Gasteiger partial charge in [-0.2, -0.15) is 13.2 Å². The van der Waals surface area contributed by atoms with Gasteiger partial charge >= 0.3 is 6.18 Å². The number of carbonyl (C=O) groups excluding carboxylic acids is 2. The zero-order valence-electron chi connectivity index (χ0n) is 19.2. The number of amides is 2. The molecule has 0 saturated carbocycles. The Labute approximate surface area is 229 Å². The summed E-state index contributed by atoms with van der Waals surface area (Å²) in [5.41, 5.74) is 1.43. The van der Waals surface area contributed by atoms with Gasteiger partial charge in [-0.15, -0.1) is 28.8 Å². The van der Waals surface area contributed by atoms with Gasteiger partial charge in [0.25, 0.3) is 15.9 Å². The van der Waals surface area contributed by atoms with Crippen LogP contribution in [0.25, 0.3) is 0 Å². The molecular weight excluding hydrogens is 589 g/mol. The van der Waals surface area contributed by atoms with E-state index in [0.29, 0.717) is 21.7 Å². The van der Waals surface area contributed by atoms with Crippen molar-refractivity contribution in [1.29, 1.82) is 0 Å². The molecule has 0 atom stereocenters. The van der Waals surface area contributed by atoms with E-state index in [0.717, 1.165) is 17.4 Å². The molecule has 0 radical (unpaired) electrons. The monoisotopic (exact) mass is 608 g/mol. The second-order valence-corrected chi connectivity index (χ2v) is 11.5. The molecule has 0 aliphatic carbocycles. The number of nitrogens with zero attached hydrogens (tertiary/aromatic N) is 2. The van der Waals surface area contributed by atoms with Crippen molar-refractivity contribution in [3.63, 3.8) is 0 Å². The van der Waals surface area contributed by atoms with Crippen LogP contribution in [0.5, 0.6) is 0 Å². The first-order chi connectivity index (χ1) is 17.8. The van der Waals surface area contributed by atoms with Crippen molar-refractivity contribution in [1.82, 2.24) is 25.5 Å². The maximum atomic E-state index is 12.7. The molecule has 0 aliphatic rings. The summed E-state index contributed by atoms with van der Waals surface area (Å²) < 4.78 is 62.8. The van der Waals surface area contributed by atoms with Crippen LogP contribution in [0.1, 0.15) is 33.6 Å². The molecule has 17 heteroatoms. The van der Waals surface area contributed by atoms with Crippen LogP contribution < -0.4 is 20.9 Å². The van der Waals surface area contributed by atoms with Crippen molar-refractivity contribution in [2.75, 3.05) is 11.9 Å². The van der Waals surface area contributed by atoms with Gasteiger partial charge in [-0.3, -0.25) is 15.0 Å². The highest BCUT2D eigenvalue weighted by Crippen LogP contribution is 2.32. The summed E-state index contributed by atoms with van der Waals surface area (Å²) in [6, 6.07) is 6.72. The molecule has 204 valence electrons. The number of nitrogens with one attached hydrogen (secondary N) is 4. The summed E-state index contributed by atoms with van der Waals surface area (Å²) in [6.45, 7) is 0.228. The van der Waals surface area contributed by atoms with Gasteiger partial charge in [0.15, 0.2) is 0 Å². The Bertz CT molecular complexity index is 1400. The van der Waals surface area contributed by atoms with E-state index in [2.05, 4.69) is 38.7 Å². The zero-order valence-corrected chi connectivity index (χ0v) is 22.5. The fourth-order valence-corrected chi connectivity index (χ4v) is 5.32. The summed E-state index contributed by atoms with van der Waals surface area (Å²) in [4.78, 5) is 34.3. The number of rotatable bonds is 11. The molecule has 0 aromatic carbocycles. The molecule has 0 aliphatic heterocycles. The highest BCUT2D eigenvalue weighted by atomic mass is 35.5. The lowest BCUT2D eigenvalue weighted by atomic mass is 10.2. The molecule has 0 fully saturated rings. The van der Waals surface area contributed by atoms with E-state index in [4.69, 9.17) is 11.6 Å². The molecular formula is C21H20ClF3N6O4S3. The van der Waals surface area contributed by atoms with Crippen molar-refractivity contribution in [3.05, 3.63) is 63.8 Å². The summed E-state index contributed by atoms with van der Waals surface area (Å²) >= 11 is 10.8. The number of pyridine rings is 2. The molecule has 4 N–H and O–H groups in total. The number of halogens is 4. The van der Waals surface area contributed by atoms with E-state index < -0.39 is 27.7 Å². The van der Waals surface area contributed by atoms with Gasteiger partial charge < -0.3 is 10.6 Å². The van der Waals surface area contributed by atoms with Crippen LogP contribution in [-0.4, -0.2) is 36.7 Å². The largest absolute Gasteiger partial charge is 0.417 e. The minimum atomic E-state index is -4.57. The number of hydrazine groups is 1. The highest BCUT2D eigenvalue weighted by Gasteiger charge is 2.31. The average molecular weight is 609 g/mol. The maximum Gasteiger partial charge on any atom is 0.417 e. The first-order valence-corrected chi connectivity index (χ1v) is 13.8. The van der Waals surface area contributed by atoms with Crippen LogP contribution in [0, 0.1) is 0 Å². The van der Waals surface area contributed by atoms with Crippen molar-refractivity contribution in [3.8, 4) is 0 Å². The average Bonchev–Trinajstić information content (AvgIpc) is 3.35. The predicted octanol–water partition coefficient (Wildman–Crippen LogP) is 3.63. The molecule has 3 aromatic rings. The van der Waals surface area contributed by atoms with Crippen LogP contribution in [0.3, 0.4) is 0 Å². The molecule has 0 bridgehead atoms. The van der Waals surface area contributed by atoms with Crippen LogP contribution in [0.2, 0.25) is 5.02 Å². The van der Waals surface area contributed by atoms with E-state index in [1.807, 2.05) is 4.83 Å². The third-order valence-corrected chi connectivity index (χ3v) is 8.08. The number of alkyl halides is 3. The summed E-state index contributed by atoms with van der Waals surface area (Å²) in [5, 5.41) is 5.61. The Morgan fingerprint density at radius 2 is 1.87 bits per heavy atom. The number of thiol groups is 1. The van der Waals surface area contributed by atoms with Gasteiger partial charge in [-0.05, 0) is 36.8 Å². The Hall–Kier alpha value is -2.92. The van der Waals surface area contributed by atoms with Gasteiger partial charge in [0.1, 0.15) is 10.0 Å². The molecule has 3 heterocycles. The van der Waals surface area contributed by atoms with Gasteiger partial charge in [0.05, 0.1) is 27.7 Å². The zero-order chi connectivity index (χ0) is 27.9. The minimum absolute atomic E-state index is 0.0256. The minimum Gasteiger partial charge on any atom is -0.369 e. The summed E-state index contributed by atoms with van der Waals surface area (Å²) in [7, 11) is -4.05. The molecule has 0 spiro atoms. The number of sulfonamides is 1. The van der Waals surface area contributed by atoms with E-state index >= 15 is 0 Å². The fourth-order valence-electron chi connectivity index (χ4n) is 2.80. The normalized spacial score (nSPS) is 11.7. The summed E-state index contributed by atoms with van der Waals surface area (Å²) in [5.74, 6) is -0.996. The number of hydrogen-bond donors (Lipinski definition) is 5. The van der Waals surface area contributed by atoms with Crippen molar-refractivity contribution in [2.45, 2.75) is 34.8 Å². The number of thiophene rings is 1. The first kappa shape index (κ1) is 29.6. The van der Waals surface area contributed by atoms with E-state index in [1.54, 1.807) is 12.1 Å². The van der Waals surface area contributed by atoms with Gasteiger partial charge in [0.2, 0.25) is 5.91 Å². The van der Waals surface area contributed by atoms with Crippen LogP contribution in [0.4, 0.5) is 19.0 Å². The van der Waals surface area contributed by atoms with Crippen LogP contribution in [-0.2, 0) is 27.5 Å². The van der Waals surface area contributed by atoms with Crippen molar-refractivity contribution < 1.29 is 31.2 Å².